The zero-order valence-electron chi connectivity index (χ0n) is 11.6. The summed E-state index contributed by atoms with van der Waals surface area (Å²) in [4.78, 5) is 2.41. The van der Waals surface area contributed by atoms with Crippen LogP contribution in [-0.4, -0.2) is 30.6 Å². The first-order valence-electron chi connectivity index (χ1n) is 7.00. The lowest BCUT2D eigenvalue weighted by Crippen LogP contribution is -2.53. The number of piperazine rings is 1. The van der Waals surface area contributed by atoms with Crippen LogP contribution in [0.3, 0.4) is 0 Å². The Kier molecular flexibility index (Phi) is 5.37. The van der Waals surface area contributed by atoms with E-state index in [0.29, 0.717) is 18.5 Å². The number of hydrogen-bond donors (Lipinski definition) is 1. The molecular formula is C15H22BrFN2. The van der Waals surface area contributed by atoms with Crippen LogP contribution in [0, 0.1) is 11.7 Å². The van der Waals surface area contributed by atoms with Crippen molar-refractivity contribution in [2.24, 2.45) is 5.92 Å². The van der Waals surface area contributed by atoms with Crippen molar-refractivity contribution in [3.63, 3.8) is 0 Å². The molecule has 1 saturated heterocycles. The van der Waals surface area contributed by atoms with Gasteiger partial charge in [0.05, 0.1) is 0 Å². The highest BCUT2D eigenvalue weighted by atomic mass is 79.9. The Morgan fingerprint density at radius 2 is 2.32 bits per heavy atom. The third-order valence-corrected chi connectivity index (χ3v) is 4.57. The van der Waals surface area contributed by atoms with Crippen molar-refractivity contribution in [3.8, 4) is 0 Å². The van der Waals surface area contributed by atoms with Gasteiger partial charge in [0.25, 0.3) is 0 Å². The lowest BCUT2D eigenvalue weighted by atomic mass is 9.95. The van der Waals surface area contributed by atoms with Crippen molar-refractivity contribution in [1.82, 2.24) is 10.2 Å². The maximum atomic E-state index is 13.9. The van der Waals surface area contributed by atoms with Gasteiger partial charge in [-0.2, -0.15) is 0 Å². The molecule has 0 aromatic heterocycles. The maximum Gasteiger partial charge on any atom is 0.127 e. The van der Waals surface area contributed by atoms with Crippen molar-refractivity contribution in [2.75, 3.05) is 19.6 Å². The quantitative estimate of drug-likeness (QED) is 0.911. The SMILES string of the molecule is CCC(C)C1CNCCN1Cc1cc(Br)ccc1F. The van der Waals surface area contributed by atoms with Crippen LogP contribution in [-0.2, 0) is 6.54 Å². The van der Waals surface area contributed by atoms with Crippen molar-refractivity contribution < 1.29 is 4.39 Å². The van der Waals surface area contributed by atoms with Crippen LogP contribution in [0.5, 0.6) is 0 Å². The summed E-state index contributed by atoms with van der Waals surface area (Å²) in [6.45, 7) is 8.18. The van der Waals surface area contributed by atoms with Gasteiger partial charge in [0, 0.05) is 42.3 Å². The highest BCUT2D eigenvalue weighted by Crippen LogP contribution is 2.22. The minimum Gasteiger partial charge on any atom is -0.314 e. The number of nitrogens with one attached hydrogen (secondary N) is 1. The average Bonchev–Trinajstić information content (AvgIpc) is 2.42. The first-order chi connectivity index (χ1) is 9.11. The molecule has 1 aliphatic heterocycles. The van der Waals surface area contributed by atoms with Crippen LogP contribution in [0.1, 0.15) is 25.8 Å². The van der Waals surface area contributed by atoms with Gasteiger partial charge in [-0.15, -0.1) is 0 Å². The third-order valence-electron chi connectivity index (χ3n) is 4.08. The van der Waals surface area contributed by atoms with E-state index in [1.807, 2.05) is 6.07 Å². The second-order valence-corrected chi connectivity index (χ2v) is 6.28. The molecule has 4 heteroatoms. The molecule has 1 aliphatic rings. The Bertz CT molecular complexity index is 425. The Morgan fingerprint density at radius 3 is 3.05 bits per heavy atom. The standard InChI is InChI=1S/C15H22BrFN2/c1-3-11(2)15-9-18-6-7-19(15)10-12-8-13(16)4-5-14(12)17/h4-5,8,11,15,18H,3,6-7,9-10H2,1-2H3. The molecule has 2 atom stereocenters. The van der Waals surface area contributed by atoms with E-state index in [4.69, 9.17) is 0 Å². The van der Waals surface area contributed by atoms with E-state index < -0.39 is 0 Å². The van der Waals surface area contributed by atoms with Gasteiger partial charge >= 0.3 is 0 Å². The summed E-state index contributed by atoms with van der Waals surface area (Å²) in [5.41, 5.74) is 0.782. The normalized spacial score (nSPS) is 22.4. The van der Waals surface area contributed by atoms with E-state index in [0.717, 1.165) is 36.1 Å². The summed E-state index contributed by atoms with van der Waals surface area (Å²) < 4.78 is 14.8. The van der Waals surface area contributed by atoms with Gasteiger partial charge in [-0.1, -0.05) is 36.2 Å². The molecule has 0 bridgehead atoms. The van der Waals surface area contributed by atoms with Crippen LogP contribution in [0.15, 0.2) is 22.7 Å². The van der Waals surface area contributed by atoms with E-state index in [2.05, 4.69) is 40.0 Å². The molecule has 19 heavy (non-hydrogen) atoms. The minimum atomic E-state index is -0.107. The first kappa shape index (κ1) is 14.9. The molecule has 1 N–H and O–H groups in total. The molecule has 1 heterocycles. The molecule has 0 radical (unpaired) electrons. The summed E-state index contributed by atoms with van der Waals surface area (Å²) in [6, 6.07) is 5.69. The van der Waals surface area contributed by atoms with Crippen molar-refractivity contribution in [1.29, 1.82) is 0 Å². The van der Waals surface area contributed by atoms with Gasteiger partial charge in [0.1, 0.15) is 5.82 Å². The first-order valence-corrected chi connectivity index (χ1v) is 7.79. The van der Waals surface area contributed by atoms with Crippen molar-refractivity contribution in [2.45, 2.75) is 32.9 Å². The third kappa shape index (κ3) is 3.77. The summed E-state index contributed by atoms with van der Waals surface area (Å²) in [5.74, 6) is 0.521. The van der Waals surface area contributed by atoms with Gasteiger partial charge < -0.3 is 5.32 Å². The lowest BCUT2D eigenvalue weighted by Gasteiger charge is -2.39. The van der Waals surface area contributed by atoms with E-state index in [-0.39, 0.29) is 5.82 Å². The van der Waals surface area contributed by atoms with E-state index in [9.17, 15) is 4.39 Å². The largest absolute Gasteiger partial charge is 0.314 e. The van der Waals surface area contributed by atoms with E-state index in [1.54, 1.807) is 12.1 Å². The van der Waals surface area contributed by atoms with Gasteiger partial charge in [-0.3, -0.25) is 4.90 Å². The maximum absolute atomic E-state index is 13.9. The van der Waals surface area contributed by atoms with Crippen LogP contribution in [0.25, 0.3) is 0 Å². The highest BCUT2D eigenvalue weighted by Gasteiger charge is 2.26. The molecule has 1 aromatic rings. The summed E-state index contributed by atoms with van der Waals surface area (Å²) >= 11 is 3.42. The predicted molar refractivity (Wildman–Crippen MR) is 80.6 cm³/mol. The summed E-state index contributed by atoms with van der Waals surface area (Å²) in [6.07, 6.45) is 1.16. The fourth-order valence-electron chi connectivity index (χ4n) is 2.68. The fraction of sp³-hybridized carbons (Fsp3) is 0.600. The summed E-state index contributed by atoms with van der Waals surface area (Å²) in [7, 11) is 0. The van der Waals surface area contributed by atoms with Crippen LogP contribution in [0.2, 0.25) is 0 Å². The fourth-order valence-corrected chi connectivity index (χ4v) is 3.09. The lowest BCUT2D eigenvalue weighted by molar-refractivity contribution is 0.108. The molecule has 2 unspecified atom stereocenters. The number of halogens is 2. The Labute approximate surface area is 123 Å². The molecule has 106 valence electrons. The summed E-state index contributed by atoms with van der Waals surface area (Å²) in [5, 5.41) is 3.45. The Morgan fingerprint density at radius 1 is 1.53 bits per heavy atom. The van der Waals surface area contributed by atoms with Crippen molar-refractivity contribution in [3.05, 3.63) is 34.1 Å². The smallest absolute Gasteiger partial charge is 0.127 e. The minimum absolute atomic E-state index is 0.107. The molecule has 2 nitrogen and oxygen atoms in total. The Hall–Kier alpha value is -0.450. The topological polar surface area (TPSA) is 15.3 Å². The molecule has 1 aromatic carbocycles. The molecule has 0 spiro atoms. The highest BCUT2D eigenvalue weighted by molar-refractivity contribution is 9.10. The molecule has 0 saturated carbocycles. The number of rotatable bonds is 4. The van der Waals surface area contributed by atoms with Crippen LogP contribution in [0.4, 0.5) is 4.39 Å². The van der Waals surface area contributed by atoms with E-state index in [1.165, 1.54) is 0 Å². The number of benzene rings is 1. The van der Waals surface area contributed by atoms with Crippen molar-refractivity contribution >= 4 is 15.9 Å². The molecule has 2 rings (SSSR count). The molecular weight excluding hydrogens is 307 g/mol. The Balaban J connectivity index is 2.12. The van der Waals surface area contributed by atoms with Gasteiger partial charge in [0.15, 0.2) is 0 Å². The monoisotopic (exact) mass is 328 g/mol. The van der Waals surface area contributed by atoms with E-state index >= 15 is 0 Å². The van der Waals surface area contributed by atoms with Crippen LogP contribution < -0.4 is 5.32 Å². The van der Waals surface area contributed by atoms with Gasteiger partial charge in [-0.05, 0) is 24.1 Å². The molecule has 0 amide bonds. The number of hydrogen-bond acceptors (Lipinski definition) is 2. The second-order valence-electron chi connectivity index (χ2n) is 5.36. The second kappa shape index (κ2) is 6.82. The molecule has 1 fully saturated rings. The van der Waals surface area contributed by atoms with Gasteiger partial charge in [0.2, 0.25) is 0 Å². The zero-order valence-corrected chi connectivity index (χ0v) is 13.2. The van der Waals surface area contributed by atoms with Crippen LogP contribution >= 0.6 is 15.9 Å². The zero-order chi connectivity index (χ0) is 13.8. The number of nitrogens with zero attached hydrogens (tertiary/aromatic N) is 1. The average molecular weight is 329 g/mol. The predicted octanol–water partition coefficient (Wildman–Crippen LogP) is 3.41. The van der Waals surface area contributed by atoms with Gasteiger partial charge in [-0.25, -0.2) is 4.39 Å². The molecule has 0 aliphatic carbocycles.